The minimum atomic E-state index is -0.386. The van der Waals surface area contributed by atoms with Crippen molar-refractivity contribution in [3.63, 3.8) is 0 Å². The lowest BCUT2D eigenvalue weighted by Crippen LogP contribution is -2.49. The Labute approximate surface area is 92.6 Å². The number of esters is 1. The average molecular weight is 213 g/mol. The number of nitrogens with one attached hydrogen (secondary N) is 1. The summed E-state index contributed by atoms with van der Waals surface area (Å²) >= 11 is 0. The van der Waals surface area contributed by atoms with Crippen molar-refractivity contribution in [3.8, 4) is 0 Å². The van der Waals surface area contributed by atoms with Gasteiger partial charge in [-0.1, -0.05) is 6.92 Å². The van der Waals surface area contributed by atoms with Crippen LogP contribution in [0, 0.1) is 5.92 Å². The van der Waals surface area contributed by atoms with Crippen molar-refractivity contribution in [1.82, 2.24) is 5.32 Å². The summed E-state index contributed by atoms with van der Waals surface area (Å²) in [5, 5.41) is 3.29. The van der Waals surface area contributed by atoms with E-state index < -0.39 is 0 Å². The molecule has 0 aromatic carbocycles. The predicted octanol–water partition coefficient (Wildman–Crippen LogP) is 2.10. The molecule has 3 atom stereocenters. The van der Waals surface area contributed by atoms with E-state index in [0.717, 1.165) is 12.8 Å². The SMILES string of the molecule is C[C@H]1C[C@@H](C(=O)OC(C)(C)C)N[C@@H](C)C1. The van der Waals surface area contributed by atoms with Gasteiger partial charge in [-0.15, -0.1) is 0 Å². The number of carbonyl (C=O) groups excluding carboxylic acids is 1. The lowest BCUT2D eigenvalue weighted by Gasteiger charge is -2.33. The molecule has 1 aliphatic heterocycles. The second-order valence-electron chi connectivity index (χ2n) is 5.73. The molecule has 0 unspecified atom stereocenters. The second kappa shape index (κ2) is 4.52. The molecule has 0 amide bonds. The molecule has 3 heteroatoms. The van der Waals surface area contributed by atoms with Crippen molar-refractivity contribution in [2.75, 3.05) is 0 Å². The van der Waals surface area contributed by atoms with E-state index in [0.29, 0.717) is 12.0 Å². The van der Waals surface area contributed by atoms with E-state index in [1.54, 1.807) is 0 Å². The molecule has 88 valence electrons. The Hall–Kier alpha value is -0.570. The first kappa shape index (κ1) is 12.5. The molecule has 0 radical (unpaired) electrons. The van der Waals surface area contributed by atoms with Gasteiger partial charge in [-0.2, -0.15) is 0 Å². The summed E-state index contributed by atoms with van der Waals surface area (Å²) in [4.78, 5) is 11.8. The van der Waals surface area contributed by atoms with Gasteiger partial charge in [0.2, 0.25) is 0 Å². The molecule has 1 heterocycles. The number of ether oxygens (including phenoxy) is 1. The smallest absolute Gasteiger partial charge is 0.323 e. The van der Waals surface area contributed by atoms with Crippen molar-refractivity contribution in [1.29, 1.82) is 0 Å². The van der Waals surface area contributed by atoms with Crippen LogP contribution in [0.1, 0.15) is 47.5 Å². The molecule has 3 nitrogen and oxygen atoms in total. The van der Waals surface area contributed by atoms with E-state index in [2.05, 4.69) is 19.2 Å². The van der Waals surface area contributed by atoms with Gasteiger partial charge < -0.3 is 10.1 Å². The first-order valence-corrected chi connectivity index (χ1v) is 5.77. The van der Waals surface area contributed by atoms with Crippen LogP contribution in [0.5, 0.6) is 0 Å². The third kappa shape index (κ3) is 4.20. The molecule has 0 spiro atoms. The Morgan fingerprint density at radius 2 is 1.87 bits per heavy atom. The molecule has 1 saturated heterocycles. The molecule has 15 heavy (non-hydrogen) atoms. The Kier molecular flexibility index (Phi) is 3.77. The van der Waals surface area contributed by atoms with Crippen molar-refractivity contribution >= 4 is 5.97 Å². The monoisotopic (exact) mass is 213 g/mol. The van der Waals surface area contributed by atoms with Crippen LogP contribution in [0.3, 0.4) is 0 Å². The van der Waals surface area contributed by atoms with Crippen molar-refractivity contribution in [3.05, 3.63) is 0 Å². The highest BCUT2D eigenvalue weighted by Crippen LogP contribution is 2.21. The zero-order valence-electron chi connectivity index (χ0n) is 10.5. The molecular formula is C12H23NO2. The van der Waals surface area contributed by atoms with Crippen LogP contribution >= 0.6 is 0 Å². The maximum atomic E-state index is 11.8. The first-order valence-electron chi connectivity index (χ1n) is 5.77. The maximum absolute atomic E-state index is 11.8. The summed E-state index contributed by atoms with van der Waals surface area (Å²) in [5.41, 5.74) is -0.386. The van der Waals surface area contributed by atoms with Crippen LogP contribution < -0.4 is 5.32 Å². The molecule has 0 aromatic rings. The van der Waals surface area contributed by atoms with Gasteiger partial charge in [0.15, 0.2) is 0 Å². The number of carbonyl (C=O) groups is 1. The second-order valence-corrected chi connectivity index (χ2v) is 5.73. The Balaban J connectivity index is 2.52. The van der Waals surface area contributed by atoms with Crippen molar-refractivity contribution in [2.45, 2.75) is 65.1 Å². The Morgan fingerprint density at radius 3 is 2.33 bits per heavy atom. The summed E-state index contributed by atoms with van der Waals surface area (Å²) < 4.78 is 5.37. The molecule has 1 rings (SSSR count). The van der Waals surface area contributed by atoms with Crippen LogP contribution in [0.25, 0.3) is 0 Å². The third-order valence-corrected chi connectivity index (χ3v) is 2.57. The van der Waals surface area contributed by atoms with Crippen LogP contribution in [-0.2, 0) is 9.53 Å². The molecule has 0 bridgehead atoms. The van der Waals surface area contributed by atoms with Gasteiger partial charge in [-0.05, 0) is 46.5 Å². The highest BCUT2D eigenvalue weighted by Gasteiger charge is 2.31. The van der Waals surface area contributed by atoms with Gasteiger partial charge in [0.1, 0.15) is 11.6 Å². The fourth-order valence-electron chi connectivity index (χ4n) is 2.12. The zero-order chi connectivity index (χ0) is 11.6. The molecule has 1 aliphatic rings. The Morgan fingerprint density at radius 1 is 1.27 bits per heavy atom. The summed E-state index contributed by atoms with van der Waals surface area (Å²) in [7, 11) is 0. The largest absolute Gasteiger partial charge is 0.459 e. The fourth-order valence-corrected chi connectivity index (χ4v) is 2.12. The topological polar surface area (TPSA) is 38.3 Å². The van der Waals surface area contributed by atoms with Gasteiger partial charge in [0.25, 0.3) is 0 Å². The number of hydrogen-bond donors (Lipinski definition) is 1. The quantitative estimate of drug-likeness (QED) is 0.678. The summed E-state index contributed by atoms with van der Waals surface area (Å²) in [5.74, 6) is 0.486. The zero-order valence-corrected chi connectivity index (χ0v) is 10.5. The summed E-state index contributed by atoms with van der Waals surface area (Å²) in [6.45, 7) is 10.0. The van der Waals surface area contributed by atoms with Crippen LogP contribution in [0.4, 0.5) is 0 Å². The number of hydrogen-bond acceptors (Lipinski definition) is 3. The van der Waals surface area contributed by atoms with Gasteiger partial charge in [0.05, 0.1) is 0 Å². The third-order valence-electron chi connectivity index (χ3n) is 2.57. The number of rotatable bonds is 1. The fraction of sp³-hybridized carbons (Fsp3) is 0.917. The normalized spacial score (nSPS) is 32.5. The maximum Gasteiger partial charge on any atom is 0.323 e. The summed E-state index contributed by atoms with van der Waals surface area (Å²) in [6.07, 6.45) is 2.03. The van der Waals surface area contributed by atoms with Gasteiger partial charge in [0, 0.05) is 6.04 Å². The van der Waals surface area contributed by atoms with Crippen LogP contribution in [0.2, 0.25) is 0 Å². The number of piperidine rings is 1. The lowest BCUT2D eigenvalue weighted by molar-refractivity contribution is -0.158. The van der Waals surface area contributed by atoms with E-state index in [1.807, 2.05) is 20.8 Å². The van der Waals surface area contributed by atoms with Gasteiger partial charge in [-0.3, -0.25) is 4.79 Å². The van der Waals surface area contributed by atoms with Gasteiger partial charge >= 0.3 is 5.97 Å². The average Bonchev–Trinajstić information content (AvgIpc) is 1.98. The van der Waals surface area contributed by atoms with Gasteiger partial charge in [-0.25, -0.2) is 0 Å². The van der Waals surface area contributed by atoms with Crippen molar-refractivity contribution < 1.29 is 9.53 Å². The first-order chi connectivity index (χ1) is 6.78. The molecule has 1 N–H and O–H groups in total. The predicted molar refractivity (Wildman–Crippen MR) is 60.6 cm³/mol. The van der Waals surface area contributed by atoms with E-state index in [-0.39, 0.29) is 17.6 Å². The molecule has 0 aliphatic carbocycles. The lowest BCUT2D eigenvalue weighted by atomic mass is 9.90. The summed E-state index contributed by atoms with van der Waals surface area (Å²) in [6, 6.07) is 0.286. The van der Waals surface area contributed by atoms with Crippen LogP contribution in [0.15, 0.2) is 0 Å². The molecule has 0 saturated carbocycles. The van der Waals surface area contributed by atoms with Crippen LogP contribution in [-0.4, -0.2) is 23.7 Å². The van der Waals surface area contributed by atoms with E-state index in [1.165, 1.54) is 0 Å². The molecule has 1 fully saturated rings. The van der Waals surface area contributed by atoms with E-state index in [4.69, 9.17) is 4.74 Å². The van der Waals surface area contributed by atoms with E-state index in [9.17, 15) is 4.79 Å². The van der Waals surface area contributed by atoms with Crippen molar-refractivity contribution in [2.24, 2.45) is 5.92 Å². The minimum absolute atomic E-state index is 0.110. The standard InChI is InChI=1S/C12H23NO2/c1-8-6-9(2)13-10(7-8)11(14)15-12(3,4)5/h8-10,13H,6-7H2,1-5H3/t8-,9+,10+/m1/s1. The van der Waals surface area contributed by atoms with E-state index >= 15 is 0 Å². The minimum Gasteiger partial charge on any atom is -0.459 e. The molecular weight excluding hydrogens is 190 g/mol. The highest BCUT2D eigenvalue weighted by atomic mass is 16.6. The Bertz CT molecular complexity index is 222. The highest BCUT2D eigenvalue weighted by molar-refractivity contribution is 5.76. The molecule has 0 aromatic heterocycles.